The zero-order valence-corrected chi connectivity index (χ0v) is 15.4. The van der Waals surface area contributed by atoms with Gasteiger partial charge in [0.25, 0.3) is 0 Å². The number of likely N-dealkylation sites (N-methyl/N-ethyl adjacent to an activating group) is 1. The Bertz CT molecular complexity index is 820. The molecule has 0 amide bonds. The predicted octanol–water partition coefficient (Wildman–Crippen LogP) is 2.34. The van der Waals surface area contributed by atoms with Crippen molar-refractivity contribution < 1.29 is 13.2 Å². The van der Waals surface area contributed by atoms with E-state index in [1.54, 1.807) is 0 Å². The van der Waals surface area contributed by atoms with E-state index in [0.717, 1.165) is 29.9 Å². The third kappa shape index (κ3) is 4.60. The summed E-state index contributed by atoms with van der Waals surface area (Å²) in [6.07, 6.45) is 0.906. The van der Waals surface area contributed by atoms with Crippen molar-refractivity contribution in [2.24, 2.45) is 0 Å². The van der Waals surface area contributed by atoms with E-state index in [0.29, 0.717) is 6.54 Å². The van der Waals surface area contributed by atoms with Gasteiger partial charge in [0.1, 0.15) is 5.75 Å². The number of rotatable bonds is 7. The van der Waals surface area contributed by atoms with E-state index in [1.807, 2.05) is 61.5 Å². The predicted molar refractivity (Wildman–Crippen MR) is 99.1 cm³/mol. The fourth-order valence-electron chi connectivity index (χ4n) is 3.06. The van der Waals surface area contributed by atoms with Crippen LogP contribution in [0.3, 0.4) is 0 Å². The molecular formula is C19H24N2O3S. The number of sulfonamides is 1. The van der Waals surface area contributed by atoms with E-state index in [9.17, 15) is 8.42 Å². The lowest BCUT2D eigenvalue weighted by Crippen LogP contribution is -2.35. The normalized spacial score (nSPS) is 15.0. The molecule has 1 unspecified atom stereocenters. The number of fused-ring (bicyclic) bond motifs is 1. The topological polar surface area (TPSA) is 58.6 Å². The second-order valence-electron chi connectivity index (χ2n) is 6.54. The minimum absolute atomic E-state index is 0.00792. The molecule has 0 spiro atoms. The van der Waals surface area contributed by atoms with E-state index in [1.165, 1.54) is 5.56 Å². The molecule has 134 valence electrons. The number of benzene rings is 2. The summed E-state index contributed by atoms with van der Waals surface area (Å²) in [4.78, 5) is 2.03. The first-order valence-corrected chi connectivity index (χ1v) is 10.0. The van der Waals surface area contributed by atoms with Crippen LogP contribution in [-0.2, 0) is 22.2 Å². The molecule has 0 saturated carbocycles. The molecule has 1 atom stereocenters. The molecule has 1 N–H and O–H groups in total. The van der Waals surface area contributed by atoms with Crippen molar-refractivity contribution in [2.75, 3.05) is 27.2 Å². The smallest absolute Gasteiger partial charge is 0.215 e. The van der Waals surface area contributed by atoms with E-state index in [-0.39, 0.29) is 11.8 Å². The fourth-order valence-corrected chi connectivity index (χ4v) is 4.21. The van der Waals surface area contributed by atoms with Crippen LogP contribution < -0.4 is 9.46 Å². The summed E-state index contributed by atoms with van der Waals surface area (Å²) in [5, 5.41) is 0. The van der Waals surface area contributed by atoms with Crippen molar-refractivity contribution in [1.82, 2.24) is 9.62 Å². The first-order valence-electron chi connectivity index (χ1n) is 8.38. The van der Waals surface area contributed by atoms with Crippen molar-refractivity contribution in [1.29, 1.82) is 0 Å². The van der Waals surface area contributed by atoms with Gasteiger partial charge in [-0.25, -0.2) is 13.1 Å². The lowest BCUT2D eigenvalue weighted by Gasteiger charge is -2.25. The van der Waals surface area contributed by atoms with E-state index in [2.05, 4.69) is 10.8 Å². The molecule has 2 aromatic rings. The van der Waals surface area contributed by atoms with Crippen LogP contribution in [0.25, 0.3) is 0 Å². The van der Waals surface area contributed by atoms with Gasteiger partial charge in [-0.05, 0) is 36.9 Å². The Kier molecular flexibility index (Phi) is 5.42. The summed E-state index contributed by atoms with van der Waals surface area (Å²) in [6, 6.07) is 15.3. The largest absolute Gasteiger partial charge is 0.493 e. The SMILES string of the molecule is CN(C)C(CNS(=O)(=O)Cc1ccccc1)c1ccc2c(c1)CCO2. The molecule has 0 saturated heterocycles. The maximum Gasteiger partial charge on any atom is 0.215 e. The van der Waals surface area contributed by atoms with Crippen molar-refractivity contribution in [3.63, 3.8) is 0 Å². The van der Waals surface area contributed by atoms with Crippen LogP contribution in [0.15, 0.2) is 48.5 Å². The standard InChI is InChI=1S/C19H24N2O3S/c1-21(2)18(16-8-9-19-17(12-16)10-11-24-19)13-20-25(22,23)14-15-6-4-3-5-7-15/h3-9,12,18,20H,10-11,13-14H2,1-2H3. The molecule has 0 bridgehead atoms. The summed E-state index contributed by atoms with van der Waals surface area (Å²) in [5.41, 5.74) is 3.07. The van der Waals surface area contributed by atoms with Crippen molar-refractivity contribution >= 4 is 10.0 Å². The Hall–Kier alpha value is -1.89. The highest BCUT2D eigenvalue weighted by Crippen LogP contribution is 2.29. The zero-order valence-electron chi connectivity index (χ0n) is 14.6. The first kappa shape index (κ1) is 17.9. The highest BCUT2D eigenvalue weighted by Gasteiger charge is 2.21. The van der Waals surface area contributed by atoms with Crippen LogP contribution in [0.1, 0.15) is 22.7 Å². The van der Waals surface area contributed by atoms with Crippen LogP contribution in [0.2, 0.25) is 0 Å². The second-order valence-corrected chi connectivity index (χ2v) is 8.35. The highest BCUT2D eigenvalue weighted by atomic mass is 32.2. The summed E-state index contributed by atoms with van der Waals surface area (Å²) >= 11 is 0. The third-order valence-corrected chi connectivity index (χ3v) is 5.74. The molecule has 2 aromatic carbocycles. The van der Waals surface area contributed by atoms with Gasteiger partial charge in [0.05, 0.1) is 12.4 Å². The van der Waals surface area contributed by atoms with Crippen LogP contribution in [0.4, 0.5) is 0 Å². The summed E-state index contributed by atoms with van der Waals surface area (Å²) in [7, 11) is 0.532. The monoisotopic (exact) mass is 360 g/mol. The quantitative estimate of drug-likeness (QED) is 0.823. The zero-order chi connectivity index (χ0) is 17.9. The Morgan fingerprint density at radius 1 is 1.16 bits per heavy atom. The summed E-state index contributed by atoms with van der Waals surface area (Å²) in [6.45, 7) is 1.05. The average molecular weight is 360 g/mol. The third-order valence-electron chi connectivity index (χ3n) is 4.42. The lowest BCUT2D eigenvalue weighted by atomic mass is 10.0. The molecule has 6 heteroatoms. The Morgan fingerprint density at radius 3 is 2.64 bits per heavy atom. The number of nitrogens with zero attached hydrogens (tertiary/aromatic N) is 1. The summed E-state index contributed by atoms with van der Waals surface area (Å²) in [5.74, 6) is 0.928. The van der Waals surface area contributed by atoms with Gasteiger partial charge >= 0.3 is 0 Å². The Balaban J connectivity index is 1.70. The van der Waals surface area contributed by atoms with Gasteiger partial charge in [0.15, 0.2) is 0 Å². The van der Waals surface area contributed by atoms with E-state index in [4.69, 9.17) is 4.74 Å². The van der Waals surface area contributed by atoms with Gasteiger partial charge in [0.2, 0.25) is 10.0 Å². The molecule has 1 aliphatic heterocycles. The van der Waals surface area contributed by atoms with Crippen molar-refractivity contribution in [3.05, 3.63) is 65.2 Å². The summed E-state index contributed by atoms with van der Waals surface area (Å²) < 4.78 is 33.1. The van der Waals surface area contributed by atoms with Crippen LogP contribution in [0, 0.1) is 0 Å². The van der Waals surface area contributed by atoms with Gasteiger partial charge in [-0.2, -0.15) is 0 Å². The molecule has 1 heterocycles. The molecule has 1 aliphatic rings. The lowest BCUT2D eigenvalue weighted by molar-refractivity contribution is 0.299. The van der Waals surface area contributed by atoms with Crippen molar-refractivity contribution in [2.45, 2.75) is 18.2 Å². The van der Waals surface area contributed by atoms with E-state index >= 15 is 0 Å². The Labute approximate surface area is 149 Å². The van der Waals surface area contributed by atoms with E-state index < -0.39 is 10.0 Å². The van der Waals surface area contributed by atoms with Gasteiger partial charge in [-0.15, -0.1) is 0 Å². The first-order chi connectivity index (χ1) is 11.9. The van der Waals surface area contributed by atoms with Crippen LogP contribution in [0.5, 0.6) is 5.75 Å². The molecule has 0 fully saturated rings. The molecule has 3 rings (SSSR count). The molecular weight excluding hydrogens is 336 g/mol. The number of ether oxygens (including phenoxy) is 1. The van der Waals surface area contributed by atoms with Gasteiger partial charge in [0, 0.05) is 19.0 Å². The van der Waals surface area contributed by atoms with Gasteiger partial charge in [-0.1, -0.05) is 42.5 Å². The molecule has 0 aliphatic carbocycles. The number of nitrogens with one attached hydrogen (secondary N) is 1. The molecule has 5 nitrogen and oxygen atoms in total. The van der Waals surface area contributed by atoms with Crippen LogP contribution in [-0.4, -0.2) is 40.6 Å². The second kappa shape index (κ2) is 7.56. The average Bonchev–Trinajstić information content (AvgIpc) is 3.03. The molecule has 0 radical (unpaired) electrons. The maximum atomic E-state index is 12.4. The Morgan fingerprint density at radius 2 is 1.92 bits per heavy atom. The van der Waals surface area contributed by atoms with Gasteiger partial charge < -0.3 is 9.64 Å². The molecule has 0 aromatic heterocycles. The molecule has 25 heavy (non-hydrogen) atoms. The highest BCUT2D eigenvalue weighted by molar-refractivity contribution is 7.88. The number of hydrogen-bond acceptors (Lipinski definition) is 4. The van der Waals surface area contributed by atoms with Crippen LogP contribution >= 0.6 is 0 Å². The minimum atomic E-state index is -3.38. The number of hydrogen-bond donors (Lipinski definition) is 1. The minimum Gasteiger partial charge on any atom is -0.493 e. The fraction of sp³-hybridized carbons (Fsp3) is 0.368. The van der Waals surface area contributed by atoms with Crippen molar-refractivity contribution in [3.8, 4) is 5.75 Å². The maximum absolute atomic E-state index is 12.4. The van der Waals surface area contributed by atoms with Gasteiger partial charge in [-0.3, -0.25) is 0 Å².